The normalized spacial score (nSPS) is 14.9. The molecule has 0 N–H and O–H groups in total. The summed E-state index contributed by atoms with van der Waals surface area (Å²) in [5.41, 5.74) is 5.01. The van der Waals surface area contributed by atoms with Gasteiger partial charge in [-0.3, -0.25) is 9.36 Å². The summed E-state index contributed by atoms with van der Waals surface area (Å²) in [6.45, 7) is 3.98. The van der Waals surface area contributed by atoms with Gasteiger partial charge in [0.2, 0.25) is 0 Å². The van der Waals surface area contributed by atoms with Crippen molar-refractivity contribution in [3.05, 3.63) is 120 Å². The third kappa shape index (κ3) is 4.75. The number of hydrogen-bond donors (Lipinski definition) is 0. The average Bonchev–Trinajstić information content (AvgIpc) is 3.48. The summed E-state index contributed by atoms with van der Waals surface area (Å²) >= 11 is 1.30. The Morgan fingerprint density at radius 3 is 2.44 bits per heavy atom. The molecule has 0 fully saturated rings. The average molecular weight is 594 g/mol. The molecule has 218 valence electrons. The van der Waals surface area contributed by atoms with E-state index in [0.717, 1.165) is 27.7 Å². The van der Waals surface area contributed by atoms with Crippen molar-refractivity contribution in [2.45, 2.75) is 19.9 Å². The van der Waals surface area contributed by atoms with Crippen LogP contribution in [0.1, 0.15) is 35.3 Å². The van der Waals surface area contributed by atoms with E-state index in [0.29, 0.717) is 32.1 Å². The molecule has 0 saturated carbocycles. The van der Waals surface area contributed by atoms with Crippen molar-refractivity contribution in [2.75, 3.05) is 20.8 Å². The smallest absolute Gasteiger partial charge is 0.338 e. The molecule has 0 amide bonds. The maximum atomic E-state index is 14.3. The van der Waals surface area contributed by atoms with E-state index < -0.39 is 12.0 Å². The number of benzene rings is 3. The number of para-hydroxylation sites is 1. The van der Waals surface area contributed by atoms with Gasteiger partial charge in [-0.15, -0.1) is 0 Å². The second kappa shape index (κ2) is 11.4. The van der Waals surface area contributed by atoms with Crippen molar-refractivity contribution in [1.82, 2.24) is 9.13 Å². The van der Waals surface area contributed by atoms with Crippen LogP contribution in [0.15, 0.2) is 88.2 Å². The van der Waals surface area contributed by atoms with Gasteiger partial charge in [0, 0.05) is 34.8 Å². The van der Waals surface area contributed by atoms with Crippen LogP contribution in [0.2, 0.25) is 0 Å². The van der Waals surface area contributed by atoms with Crippen LogP contribution >= 0.6 is 11.3 Å². The maximum Gasteiger partial charge on any atom is 0.338 e. The summed E-state index contributed by atoms with van der Waals surface area (Å²) in [4.78, 5) is 33.5. The van der Waals surface area contributed by atoms with E-state index in [1.54, 1.807) is 37.8 Å². The second-order valence-corrected chi connectivity index (χ2v) is 11.1. The molecule has 0 aliphatic carbocycles. The van der Waals surface area contributed by atoms with E-state index in [4.69, 9.17) is 19.2 Å². The van der Waals surface area contributed by atoms with Crippen molar-refractivity contribution < 1.29 is 19.0 Å². The Balaban J connectivity index is 1.68. The molecule has 0 spiro atoms. The van der Waals surface area contributed by atoms with Gasteiger partial charge in [0.25, 0.3) is 5.56 Å². The van der Waals surface area contributed by atoms with Crippen molar-refractivity contribution in [3.8, 4) is 11.5 Å². The minimum Gasteiger partial charge on any atom is -0.493 e. The molecule has 3 heterocycles. The number of thiazole rings is 1. The van der Waals surface area contributed by atoms with Crippen LogP contribution in [0, 0.1) is 6.92 Å². The van der Waals surface area contributed by atoms with E-state index >= 15 is 0 Å². The third-order valence-corrected chi connectivity index (χ3v) is 8.80. The first-order valence-corrected chi connectivity index (χ1v) is 14.7. The molecule has 1 unspecified atom stereocenters. The lowest BCUT2D eigenvalue weighted by Crippen LogP contribution is -2.40. The predicted octanol–water partition coefficient (Wildman–Crippen LogP) is 4.75. The van der Waals surface area contributed by atoms with Crippen LogP contribution in [-0.2, 0) is 16.6 Å². The van der Waals surface area contributed by atoms with Gasteiger partial charge >= 0.3 is 5.97 Å². The number of carbonyl (C=O) groups excluding carboxylic acids is 1. The largest absolute Gasteiger partial charge is 0.493 e. The van der Waals surface area contributed by atoms with Gasteiger partial charge < -0.3 is 18.8 Å². The number of fused-ring (bicyclic) bond motifs is 2. The maximum absolute atomic E-state index is 14.3. The number of hydrogen-bond acceptors (Lipinski definition) is 7. The van der Waals surface area contributed by atoms with Gasteiger partial charge in [0.1, 0.15) is 0 Å². The van der Waals surface area contributed by atoms with Gasteiger partial charge in [-0.25, -0.2) is 9.79 Å². The summed E-state index contributed by atoms with van der Waals surface area (Å²) < 4.78 is 20.9. The van der Waals surface area contributed by atoms with E-state index in [2.05, 4.69) is 16.7 Å². The number of ether oxygens (including phenoxy) is 3. The lowest BCUT2D eigenvalue weighted by molar-refractivity contribution is -0.138. The molecule has 43 heavy (non-hydrogen) atoms. The molecule has 1 aliphatic rings. The number of esters is 1. The lowest BCUT2D eigenvalue weighted by atomic mass is 9.93. The van der Waals surface area contributed by atoms with Gasteiger partial charge in [-0.2, -0.15) is 0 Å². The second-order valence-electron chi connectivity index (χ2n) is 10.1. The van der Waals surface area contributed by atoms with Crippen LogP contribution in [0.5, 0.6) is 11.5 Å². The van der Waals surface area contributed by atoms with Crippen LogP contribution < -0.4 is 24.4 Å². The van der Waals surface area contributed by atoms with Gasteiger partial charge in [0.05, 0.1) is 42.7 Å². The number of aromatic nitrogens is 2. The van der Waals surface area contributed by atoms with E-state index in [9.17, 15) is 9.59 Å². The number of rotatable bonds is 7. The quantitative estimate of drug-likeness (QED) is 0.254. The van der Waals surface area contributed by atoms with Crippen molar-refractivity contribution >= 4 is 40.0 Å². The molecule has 3 aromatic carbocycles. The topological polar surface area (TPSA) is 84.1 Å². The van der Waals surface area contributed by atoms with Crippen molar-refractivity contribution in [2.24, 2.45) is 12.0 Å². The summed E-state index contributed by atoms with van der Waals surface area (Å²) in [5.74, 6) is 0.481. The number of nitrogens with zero attached hydrogens (tertiary/aromatic N) is 3. The molecule has 2 aromatic heterocycles. The van der Waals surface area contributed by atoms with Gasteiger partial charge in [-0.1, -0.05) is 65.9 Å². The highest BCUT2D eigenvalue weighted by Crippen LogP contribution is 2.38. The molecule has 0 radical (unpaired) electrons. The zero-order chi connectivity index (χ0) is 30.2. The highest BCUT2D eigenvalue weighted by Gasteiger charge is 2.35. The number of aryl methyl sites for hydroxylation is 1. The number of carbonyl (C=O) groups is 1. The SMILES string of the molecule is CCOC(=O)C1=C(c2ccccc2)N=c2s/c(=C/c3c(C)n(C)c4ccccc34)c(=O)n2C1c1ccc(OC)c(OC)c1. The van der Waals surface area contributed by atoms with E-state index in [-0.39, 0.29) is 17.7 Å². The highest BCUT2D eigenvalue weighted by molar-refractivity contribution is 7.07. The molecule has 0 bridgehead atoms. The standard InChI is InChI=1S/C34H31N3O5S/c1-6-42-33(39)29-30(21-12-8-7-9-13-21)35-34-37(31(29)22-16-17-26(40-4)27(18-22)41-5)32(38)28(43-34)19-24-20(2)36(3)25-15-11-10-14-23(24)25/h7-19,31H,6H2,1-5H3/b28-19+. The fourth-order valence-corrected chi connectivity index (χ4v) is 6.62. The summed E-state index contributed by atoms with van der Waals surface area (Å²) in [6, 6.07) is 22.2. The zero-order valence-corrected chi connectivity index (χ0v) is 25.4. The van der Waals surface area contributed by atoms with Crippen LogP contribution in [-0.4, -0.2) is 35.9 Å². The van der Waals surface area contributed by atoms with E-state index in [1.807, 2.05) is 68.6 Å². The fraction of sp³-hybridized carbons (Fsp3) is 0.206. The van der Waals surface area contributed by atoms with Crippen molar-refractivity contribution in [3.63, 3.8) is 0 Å². The Kier molecular flexibility index (Phi) is 7.50. The Morgan fingerprint density at radius 1 is 1.00 bits per heavy atom. The molecular formula is C34H31N3O5S. The predicted molar refractivity (Wildman–Crippen MR) is 168 cm³/mol. The molecule has 1 aliphatic heterocycles. The monoisotopic (exact) mass is 593 g/mol. The van der Waals surface area contributed by atoms with Gasteiger partial charge in [-0.05, 0) is 43.7 Å². The van der Waals surface area contributed by atoms with E-state index in [1.165, 1.54) is 11.3 Å². The molecule has 9 heteroatoms. The van der Waals surface area contributed by atoms with Crippen LogP contribution in [0.25, 0.3) is 22.7 Å². The Labute approximate surface area is 252 Å². The third-order valence-electron chi connectivity index (χ3n) is 7.82. The molecule has 0 saturated heterocycles. The Morgan fingerprint density at radius 2 is 1.72 bits per heavy atom. The first-order chi connectivity index (χ1) is 20.9. The minimum absolute atomic E-state index is 0.174. The highest BCUT2D eigenvalue weighted by atomic mass is 32.1. The lowest BCUT2D eigenvalue weighted by Gasteiger charge is -2.26. The molecular weight excluding hydrogens is 562 g/mol. The first kappa shape index (κ1) is 28.2. The molecule has 8 nitrogen and oxygen atoms in total. The van der Waals surface area contributed by atoms with Crippen LogP contribution in [0.4, 0.5) is 0 Å². The molecule has 1 atom stereocenters. The summed E-state index contributed by atoms with van der Waals surface area (Å²) in [7, 11) is 5.13. The summed E-state index contributed by atoms with van der Waals surface area (Å²) in [6.07, 6.45) is 1.93. The first-order valence-electron chi connectivity index (χ1n) is 13.9. The van der Waals surface area contributed by atoms with Crippen LogP contribution in [0.3, 0.4) is 0 Å². The van der Waals surface area contributed by atoms with Gasteiger partial charge in [0.15, 0.2) is 16.3 Å². The summed E-state index contributed by atoms with van der Waals surface area (Å²) in [5, 5.41) is 1.06. The number of methoxy groups -OCH3 is 2. The zero-order valence-electron chi connectivity index (χ0n) is 24.6. The Bertz CT molecular complexity index is 2090. The Hall–Kier alpha value is -4.89. The molecule has 6 rings (SSSR count). The minimum atomic E-state index is -0.818. The molecule has 5 aromatic rings. The van der Waals surface area contributed by atoms with Crippen molar-refractivity contribution in [1.29, 1.82) is 0 Å². The fourth-order valence-electron chi connectivity index (χ4n) is 5.64.